The monoisotopic (exact) mass is 251 g/mol. The normalized spacial score (nSPS) is 12.6. The van der Waals surface area contributed by atoms with Gasteiger partial charge in [0.15, 0.2) is 0 Å². The van der Waals surface area contributed by atoms with Gasteiger partial charge in [-0.15, -0.1) is 0 Å². The van der Waals surface area contributed by atoms with Gasteiger partial charge in [-0.2, -0.15) is 0 Å². The molecule has 1 unspecified atom stereocenters. The Kier molecular flexibility index (Phi) is 8.47. The van der Waals surface area contributed by atoms with Crippen LogP contribution in [0.1, 0.15) is 37.8 Å². The van der Waals surface area contributed by atoms with Crippen molar-refractivity contribution in [2.75, 3.05) is 26.4 Å². The third-order valence-electron chi connectivity index (χ3n) is 2.87. The highest BCUT2D eigenvalue weighted by Gasteiger charge is 2.08. The van der Waals surface area contributed by atoms with E-state index in [4.69, 9.17) is 9.84 Å². The van der Waals surface area contributed by atoms with E-state index in [0.29, 0.717) is 19.3 Å². The molecule has 0 radical (unpaired) electrons. The average Bonchev–Trinajstić information content (AvgIpc) is 2.42. The first-order valence-electron chi connectivity index (χ1n) is 6.85. The zero-order chi connectivity index (χ0) is 13.1. The molecule has 0 spiro atoms. The third-order valence-corrected chi connectivity index (χ3v) is 2.87. The molecular weight excluding hydrogens is 226 g/mol. The molecule has 0 aliphatic carbocycles. The molecule has 18 heavy (non-hydrogen) atoms. The smallest absolute Gasteiger partial charge is 0.0697 e. The summed E-state index contributed by atoms with van der Waals surface area (Å²) in [6.45, 7) is 4.42. The van der Waals surface area contributed by atoms with Crippen molar-refractivity contribution in [1.82, 2.24) is 5.32 Å². The molecule has 0 amide bonds. The zero-order valence-corrected chi connectivity index (χ0v) is 11.3. The third kappa shape index (κ3) is 6.15. The SMILES string of the molecule is CCCC(NCCCOCCO)c1ccccc1. The summed E-state index contributed by atoms with van der Waals surface area (Å²) in [5.41, 5.74) is 1.36. The number of aliphatic hydroxyl groups is 1. The van der Waals surface area contributed by atoms with Gasteiger partial charge in [0, 0.05) is 12.6 Å². The summed E-state index contributed by atoms with van der Waals surface area (Å²) in [5, 5.41) is 12.2. The Labute approximate surface area is 110 Å². The van der Waals surface area contributed by atoms with Crippen molar-refractivity contribution in [2.24, 2.45) is 0 Å². The van der Waals surface area contributed by atoms with E-state index >= 15 is 0 Å². The van der Waals surface area contributed by atoms with Gasteiger partial charge < -0.3 is 15.2 Å². The highest BCUT2D eigenvalue weighted by atomic mass is 16.5. The van der Waals surface area contributed by atoms with Crippen LogP contribution in [0.4, 0.5) is 0 Å². The standard InChI is InChI=1S/C15H25NO2/c1-2-7-15(14-8-4-3-5-9-14)16-10-6-12-18-13-11-17/h3-5,8-9,15-17H,2,6-7,10-13H2,1H3. The van der Waals surface area contributed by atoms with Crippen LogP contribution in [0.25, 0.3) is 0 Å². The first kappa shape index (κ1) is 15.2. The molecule has 0 saturated carbocycles. The maximum Gasteiger partial charge on any atom is 0.0697 e. The van der Waals surface area contributed by atoms with E-state index < -0.39 is 0 Å². The fourth-order valence-corrected chi connectivity index (χ4v) is 1.98. The van der Waals surface area contributed by atoms with Crippen molar-refractivity contribution in [3.63, 3.8) is 0 Å². The molecule has 3 heteroatoms. The van der Waals surface area contributed by atoms with Crippen LogP contribution in [0.2, 0.25) is 0 Å². The van der Waals surface area contributed by atoms with Crippen molar-refractivity contribution in [2.45, 2.75) is 32.2 Å². The number of rotatable bonds is 10. The van der Waals surface area contributed by atoms with E-state index in [0.717, 1.165) is 19.4 Å². The molecule has 1 aromatic rings. The fourth-order valence-electron chi connectivity index (χ4n) is 1.98. The molecule has 2 N–H and O–H groups in total. The molecule has 0 saturated heterocycles. The van der Waals surface area contributed by atoms with E-state index in [2.05, 4.69) is 42.6 Å². The lowest BCUT2D eigenvalue weighted by atomic mass is 10.0. The van der Waals surface area contributed by atoms with Crippen molar-refractivity contribution < 1.29 is 9.84 Å². The van der Waals surface area contributed by atoms with Crippen LogP contribution in [0.3, 0.4) is 0 Å². The Bertz CT molecular complexity index is 290. The summed E-state index contributed by atoms with van der Waals surface area (Å²) in [6.07, 6.45) is 3.31. The van der Waals surface area contributed by atoms with Crippen molar-refractivity contribution in [3.8, 4) is 0 Å². The van der Waals surface area contributed by atoms with Crippen LogP contribution in [-0.4, -0.2) is 31.5 Å². The van der Waals surface area contributed by atoms with Gasteiger partial charge in [0.2, 0.25) is 0 Å². The van der Waals surface area contributed by atoms with Crippen LogP contribution < -0.4 is 5.32 Å². The largest absolute Gasteiger partial charge is 0.394 e. The second-order valence-corrected chi connectivity index (χ2v) is 4.40. The maximum atomic E-state index is 8.59. The predicted molar refractivity (Wildman–Crippen MR) is 74.6 cm³/mol. The minimum Gasteiger partial charge on any atom is -0.394 e. The maximum absolute atomic E-state index is 8.59. The molecule has 0 aromatic heterocycles. The predicted octanol–water partition coefficient (Wildman–Crippen LogP) is 2.52. The number of hydrogen-bond donors (Lipinski definition) is 2. The molecule has 0 aliphatic rings. The van der Waals surface area contributed by atoms with Gasteiger partial charge in [-0.25, -0.2) is 0 Å². The molecule has 0 heterocycles. The Morgan fingerprint density at radius 3 is 2.67 bits per heavy atom. The van der Waals surface area contributed by atoms with Crippen molar-refractivity contribution in [3.05, 3.63) is 35.9 Å². The molecule has 3 nitrogen and oxygen atoms in total. The Balaban J connectivity index is 2.26. The first-order valence-corrected chi connectivity index (χ1v) is 6.85. The first-order chi connectivity index (χ1) is 8.88. The number of benzene rings is 1. The highest BCUT2D eigenvalue weighted by molar-refractivity contribution is 5.18. The van der Waals surface area contributed by atoms with Crippen LogP contribution in [0, 0.1) is 0 Å². The van der Waals surface area contributed by atoms with Gasteiger partial charge >= 0.3 is 0 Å². The number of nitrogens with one attached hydrogen (secondary N) is 1. The van der Waals surface area contributed by atoms with Gasteiger partial charge in [-0.05, 0) is 24.9 Å². The molecule has 1 atom stereocenters. The summed E-state index contributed by atoms with van der Waals surface area (Å²) in [5.74, 6) is 0. The summed E-state index contributed by atoms with van der Waals surface area (Å²) in [7, 11) is 0. The molecule has 1 rings (SSSR count). The van der Waals surface area contributed by atoms with Gasteiger partial charge in [0.05, 0.1) is 13.2 Å². The van der Waals surface area contributed by atoms with E-state index in [1.807, 2.05) is 0 Å². The number of hydrogen-bond acceptors (Lipinski definition) is 3. The Morgan fingerprint density at radius 2 is 2.00 bits per heavy atom. The van der Waals surface area contributed by atoms with E-state index in [1.165, 1.54) is 12.0 Å². The minimum absolute atomic E-state index is 0.107. The lowest BCUT2D eigenvalue weighted by molar-refractivity contribution is 0.0903. The number of aliphatic hydroxyl groups excluding tert-OH is 1. The second-order valence-electron chi connectivity index (χ2n) is 4.40. The van der Waals surface area contributed by atoms with Gasteiger partial charge in [0.1, 0.15) is 0 Å². The van der Waals surface area contributed by atoms with Gasteiger partial charge in [-0.1, -0.05) is 43.7 Å². The molecule has 0 aliphatic heterocycles. The Morgan fingerprint density at radius 1 is 1.22 bits per heavy atom. The fraction of sp³-hybridized carbons (Fsp3) is 0.600. The highest BCUT2D eigenvalue weighted by Crippen LogP contribution is 2.17. The Hall–Kier alpha value is -0.900. The second kappa shape index (κ2) is 10.1. The topological polar surface area (TPSA) is 41.5 Å². The molecule has 0 bridgehead atoms. The van der Waals surface area contributed by atoms with Crippen LogP contribution in [0.5, 0.6) is 0 Å². The molecule has 1 aromatic carbocycles. The molecular formula is C15H25NO2. The van der Waals surface area contributed by atoms with E-state index in [-0.39, 0.29) is 6.61 Å². The molecule has 0 fully saturated rings. The summed E-state index contributed by atoms with van der Waals surface area (Å²) < 4.78 is 5.24. The van der Waals surface area contributed by atoms with Gasteiger partial charge in [-0.3, -0.25) is 0 Å². The van der Waals surface area contributed by atoms with Crippen LogP contribution >= 0.6 is 0 Å². The van der Waals surface area contributed by atoms with E-state index in [1.54, 1.807) is 0 Å². The summed E-state index contributed by atoms with van der Waals surface area (Å²) >= 11 is 0. The quantitative estimate of drug-likeness (QED) is 0.628. The lowest BCUT2D eigenvalue weighted by Crippen LogP contribution is -2.23. The average molecular weight is 251 g/mol. The van der Waals surface area contributed by atoms with Crippen LogP contribution in [0.15, 0.2) is 30.3 Å². The lowest BCUT2D eigenvalue weighted by Gasteiger charge is -2.18. The van der Waals surface area contributed by atoms with Gasteiger partial charge in [0.25, 0.3) is 0 Å². The van der Waals surface area contributed by atoms with Crippen LogP contribution in [-0.2, 0) is 4.74 Å². The summed E-state index contributed by atoms with van der Waals surface area (Å²) in [6, 6.07) is 11.0. The minimum atomic E-state index is 0.107. The number of ether oxygens (including phenoxy) is 1. The van der Waals surface area contributed by atoms with E-state index in [9.17, 15) is 0 Å². The molecule has 102 valence electrons. The summed E-state index contributed by atoms with van der Waals surface area (Å²) in [4.78, 5) is 0. The van der Waals surface area contributed by atoms with Crippen molar-refractivity contribution in [1.29, 1.82) is 0 Å². The van der Waals surface area contributed by atoms with Crippen molar-refractivity contribution >= 4 is 0 Å². The zero-order valence-electron chi connectivity index (χ0n) is 11.3.